The molecule has 2 rings (SSSR count). The molecule has 2 N–H and O–H groups in total. The van der Waals surface area contributed by atoms with Crippen molar-refractivity contribution in [3.63, 3.8) is 0 Å². The summed E-state index contributed by atoms with van der Waals surface area (Å²) in [5.74, 6) is 0.0262. The van der Waals surface area contributed by atoms with Crippen LogP contribution in [0.15, 0.2) is 29.0 Å². The fourth-order valence-electron chi connectivity index (χ4n) is 1.46. The predicted molar refractivity (Wildman–Crippen MR) is 68.6 cm³/mol. The molecule has 0 atom stereocenters. The van der Waals surface area contributed by atoms with Gasteiger partial charge in [-0.1, -0.05) is 5.21 Å². The number of hydrogen-bond donors (Lipinski definition) is 1. The highest BCUT2D eigenvalue weighted by molar-refractivity contribution is 9.10. The number of ketones is 1. The summed E-state index contributed by atoms with van der Waals surface area (Å²) >= 11 is 3.29. The summed E-state index contributed by atoms with van der Waals surface area (Å²) in [6.07, 6.45) is 3.63. The second kappa shape index (κ2) is 5.83. The van der Waals surface area contributed by atoms with Crippen molar-refractivity contribution in [1.82, 2.24) is 20.0 Å². The van der Waals surface area contributed by atoms with Gasteiger partial charge in [0.2, 0.25) is 0 Å². The molecule has 0 fully saturated rings. The van der Waals surface area contributed by atoms with Gasteiger partial charge in [0.05, 0.1) is 18.3 Å². The Hall–Kier alpha value is -1.60. The number of nitrogens with zero attached hydrogens (tertiary/aromatic N) is 4. The van der Waals surface area contributed by atoms with Crippen molar-refractivity contribution in [1.29, 1.82) is 0 Å². The average molecular weight is 310 g/mol. The summed E-state index contributed by atoms with van der Waals surface area (Å²) in [6.45, 7) is 0.507. The van der Waals surface area contributed by atoms with Gasteiger partial charge in [-0.15, -0.1) is 5.10 Å². The molecule has 0 saturated heterocycles. The van der Waals surface area contributed by atoms with Crippen LogP contribution in [0, 0.1) is 0 Å². The van der Waals surface area contributed by atoms with Crippen molar-refractivity contribution < 1.29 is 4.79 Å². The van der Waals surface area contributed by atoms with Crippen molar-refractivity contribution in [2.24, 2.45) is 5.73 Å². The fourth-order valence-corrected chi connectivity index (χ4v) is 1.69. The Bertz CT molecular complexity index is 537. The predicted octanol–water partition coefficient (Wildman–Crippen LogP) is 0.706. The van der Waals surface area contributed by atoms with Crippen LogP contribution in [0.4, 0.5) is 0 Å². The van der Waals surface area contributed by atoms with E-state index in [4.69, 9.17) is 5.73 Å². The lowest BCUT2D eigenvalue weighted by Gasteiger charge is -2.00. The molecule has 2 heterocycles. The summed E-state index contributed by atoms with van der Waals surface area (Å²) in [5, 5.41) is 7.64. The molecular formula is C11H12BrN5O. The summed E-state index contributed by atoms with van der Waals surface area (Å²) in [4.78, 5) is 15.9. The van der Waals surface area contributed by atoms with Gasteiger partial charge in [0.25, 0.3) is 0 Å². The van der Waals surface area contributed by atoms with Crippen LogP contribution in [0.3, 0.4) is 0 Å². The molecule has 2 aromatic rings. The molecule has 94 valence electrons. The number of halogens is 1. The van der Waals surface area contributed by atoms with E-state index in [-0.39, 0.29) is 18.7 Å². The standard InChI is InChI=1S/C11H12BrN5O/c12-8-1-2-9(14-5-8)3-11(18)7-17-6-10(4-13)15-16-17/h1-2,5-6H,3-4,7,13H2. The maximum Gasteiger partial charge on any atom is 0.160 e. The van der Waals surface area contributed by atoms with Crippen molar-refractivity contribution in [2.75, 3.05) is 0 Å². The van der Waals surface area contributed by atoms with Crippen molar-refractivity contribution in [3.05, 3.63) is 40.4 Å². The summed E-state index contributed by atoms with van der Waals surface area (Å²) in [6, 6.07) is 3.67. The van der Waals surface area contributed by atoms with Crippen molar-refractivity contribution in [2.45, 2.75) is 19.5 Å². The molecule has 0 amide bonds. The minimum absolute atomic E-state index is 0.0262. The number of Topliss-reactive ketones (excluding diaryl/α,β-unsaturated/α-hetero) is 1. The summed E-state index contributed by atoms with van der Waals surface area (Å²) < 4.78 is 2.38. The average Bonchev–Trinajstić information content (AvgIpc) is 2.79. The number of carbonyl (C=O) groups is 1. The molecule has 7 heteroatoms. The van der Waals surface area contributed by atoms with Crippen molar-refractivity contribution >= 4 is 21.7 Å². The van der Waals surface area contributed by atoms with Gasteiger partial charge in [-0.3, -0.25) is 9.78 Å². The van der Waals surface area contributed by atoms with E-state index in [1.165, 1.54) is 4.68 Å². The van der Waals surface area contributed by atoms with Gasteiger partial charge in [0, 0.05) is 22.9 Å². The maximum atomic E-state index is 11.8. The van der Waals surface area contributed by atoms with E-state index in [1.807, 2.05) is 12.1 Å². The third-order valence-electron chi connectivity index (χ3n) is 2.30. The van der Waals surface area contributed by atoms with Crippen LogP contribution in [0.1, 0.15) is 11.4 Å². The Labute approximate surface area is 112 Å². The Balaban J connectivity index is 1.94. The largest absolute Gasteiger partial charge is 0.325 e. The number of pyridine rings is 1. The van der Waals surface area contributed by atoms with Crippen LogP contribution >= 0.6 is 15.9 Å². The third-order valence-corrected chi connectivity index (χ3v) is 2.77. The normalized spacial score (nSPS) is 10.6. The molecule has 0 spiro atoms. The van der Waals surface area contributed by atoms with Crippen LogP contribution in [-0.4, -0.2) is 25.8 Å². The molecule has 0 aliphatic heterocycles. The van der Waals surface area contributed by atoms with E-state index in [0.29, 0.717) is 12.2 Å². The van der Waals surface area contributed by atoms with Gasteiger partial charge in [-0.25, -0.2) is 4.68 Å². The van der Waals surface area contributed by atoms with Crippen LogP contribution in [0.25, 0.3) is 0 Å². The summed E-state index contributed by atoms with van der Waals surface area (Å²) in [5.41, 5.74) is 6.83. The van der Waals surface area contributed by atoms with Crippen LogP contribution in [0.2, 0.25) is 0 Å². The van der Waals surface area contributed by atoms with Crippen molar-refractivity contribution in [3.8, 4) is 0 Å². The molecule has 0 saturated carbocycles. The third kappa shape index (κ3) is 3.44. The fraction of sp³-hybridized carbons (Fsp3) is 0.273. The molecule has 0 bridgehead atoms. The van der Waals surface area contributed by atoms with Gasteiger partial charge in [0.15, 0.2) is 5.78 Å². The number of carbonyl (C=O) groups excluding carboxylic acids is 1. The number of nitrogens with two attached hydrogens (primary N) is 1. The molecule has 6 nitrogen and oxygen atoms in total. The van der Waals surface area contributed by atoms with Gasteiger partial charge in [-0.05, 0) is 28.1 Å². The lowest BCUT2D eigenvalue weighted by atomic mass is 10.2. The summed E-state index contributed by atoms with van der Waals surface area (Å²) in [7, 11) is 0. The first-order chi connectivity index (χ1) is 8.67. The van der Waals surface area contributed by atoms with Gasteiger partial charge < -0.3 is 5.73 Å². The lowest BCUT2D eigenvalue weighted by molar-refractivity contribution is -0.119. The Morgan fingerprint density at radius 3 is 2.83 bits per heavy atom. The van der Waals surface area contributed by atoms with Gasteiger partial charge >= 0.3 is 0 Å². The van der Waals surface area contributed by atoms with E-state index in [2.05, 4.69) is 31.2 Å². The Morgan fingerprint density at radius 2 is 2.22 bits per heavy atom. The molecular weight excluding hydrogens is 298 g/mol. The van der Waals surface area contributed by atoms with Gasteiger partial charge in [-0.2, -0.15) is 0 Å². The first-order valence-corrected chi connectivity index (χ1v) is 6.18. The highest BCUT2D eigenvalue weighted by Gasteiger charge is 2.07. The minimum atomic E-state index is 0.0262. The highest BCUT2D eigenvalue weighted by Crippen LogP contribution is 2.08. The molecule has 0 radical (unpaired) electrons. The zero-order valence-corrected chi connectivity index (χ0v) is 11.2. The minimum Gasteiger partial charge on any atom is -0.325 e. The Morgan fingerprint density at radius 1 is 1.39 bits per heavy atom. The molecule has 0 unspecified atom stereocenters. The monoisotopic (exact) mass is 309 g/mol. The Kier molecular flexibility index (Phi) is 4.16. The van der Waals surface area contributed by atoms with E-state index in [1.54, 1.807) is 12.4 Å². The quantitative estimate of drug-likeness (QED) is 0.879. The molecule has 2 aromatic heterocycles. The first-order valence-electron chi connectivity index (χ1n) is 5.38. The van der Waals surface area contributed by atoms with Gasteiger partial charge in [0.1, 0.15) is 6.54 Å². The van der Waals surface area contributed by atoms with E-state index in [0.717, 1.165) is 10.2 Å². The molecule has 0 aromatic carbocycles. The zero-order chi connectivity index (χ0) is 13.0. The zero-order valence-electron chi connectivity index (χ0n) is 9.58. The van der Waals surface area contributed by atoms with E-state index in [9.17, 15) is 4.79 Å². The highest BCUT2D eigenvalue weighted by atomic mass is 79.9. The smallest absolute Gasteiger partial charge is 0.160 e. The number of hydrogen-bond acceptors (Lipinski definition) is 5. The second-order valence-electron chi connectivity index (χ2n) is 3.79. The molecule has 18 heavy (non-hydrogen) atoms. The maximum absolute atomic E-state index is 11.8. The van der Waals surface area contributed by atoms with E-state index < -0.39 is 0 Å². The number of aromatic nitrogens is 4. The number of rotatable bonds is 5. The van der Waals surface area contributed by atoms with Crippen LogP contribution in [0.5, 0.6) is 0 Å². The van der Waals surface area contributed by atoms with Crippen LogP contribution in [-0.2, 0) is 24.3 Å². The second-order valence-corrected chi connectivity index (χ2v) is 4.71. The lowest BCUT2D eigenvalue weighted by Crippen LogP contribution is -2.13. The SMILES string of the molecule is NCc1cn(CC(=O)Cc2ccc(Br)cn2)nn1. The molecule has 0 aliphatic carbocycles. The van der Waals surface area contributed by atoms with E-state index >= 15 is 0 Å². The topological polar surface area (TPSA) is 86.7 Å². The first kappa shape index (κ1) is 12.8. The van der Waals surface area contributed by atoms with Crippen LogP contribution < -0.4 is 5.73 Å². The molecule has 0 aliphatic rings.